The summed E-state index contributed by atoms with van der Waals surface area (Å²) in [5, 5.41) is 2.94. The van der Waals surface area contributed by atoms with Crippen LogP contribution in [0.4, 0.5) is 23.7 Å². The number of anilines is 1. The van der Waals surface area contributed by atoms with Gasteiger partial charge in [0.15, 0.2) is 0 Å². The monoisotopic (exact) mass is 347 g/mol. The molecule has 8 heteroatoms. The van der Waals surface area contributed by atoms with Crippen molar-refractivity contribution in [2.24, 2.45) is 0 Å². The van der Waals surface area contributed by atoms with Crippen LogP contribution in [-0.2, 0) is 6.18 Å². The van der Waals surface area contributed by atoms with Crippen LogP contribution in [0.15, 0.2) is 30.9 Å². The minimum atomic E-state index is -4.41. The van der Waals surface area contributed by atoms with E-state index < -0.39 is 11.7 Å². The highest BCUT2D eigenvalue weighted by molar-refractivity contribution is 6.33. The first kappa shape index (κ1) is 17.5. The summed E-state index contributed by atoms with van der Waals surface area (Å²) in [7, 11) is 0. The van der Waals surface area contributed by atoms with Gasteiger partial charge in [0.25, 0.3) is 0 Å². The average molecular weight is 348 g/mol. The second-order valence-corrected chi connectivity index (χ2v) is 5.52. The summed E-state index contributed by atoms with van der Waals surface area (Å²) in [4.78, 5) is 15.2. The molecule has 4 nitrogen and oxygen atoms in total. The Hall–Kier alpha value is -1.89. The highest BCUT2D eigenvalue weighted by Crippen LogP contribution is 2.35. The summed E-state index contributed by atoms with van der Waals surface area (Å²) in [6.45, 7) is 5.56. The van der Waals surface area contributed by atoms with Crippen LogP contribution in [0.1, 0.15) is 5.56 Å². The highest BCUT2D eigenvalue weighted by Gasteiger charge is 2.32. The van der Waals surface area contributed by atoms with Gasteiger partial charge in [0.2, 0.25) is 0 Å². The maximum Gasteiger partial charge on any atom is 0.416 e. The van der Waals surface area contributed by atoms with Crippen molar-refractivity contribution in [2.75, 3.05) is 37.6 Å². The summed E-state index contributed by atoms with van der Waals surface area (Å²) in [6, 6.07) is 3.06. The lowest BCUT2D eigenvalue weighted by Gasteiger charge is -2.36. The number of hydrogen-bond donors (Lipinski definition) is 1. The van der Waals surface area contributed by atoms with Crippen LogP contribution >= 0.6 is 11.6 Å². The van der Waals surface area contributed by atoms with Crippen molar-refractivity contribution in [2.45, 2.75) is 6.18 Å². The van der Waals surface area contributed by atoms with E-state index in [1.54, 1.807) is 15.9 Å². The Balaban J connectivity index is 2.05. The van der Waals surface area contributed by atoms with E-state index in [0.717, 1.165) is 12.1 Å². The maximum absolute atomic E-state index is 12.8. The quantitative estimate of drug-likeness (QED) is 0.851. The zero-order valence-electron chi connectivity index (χ0n) is 12.4. The Kier molecular flexibility index (Phi) is 5.41. The zero-order valence-corrected chi connectivity index (χ0v) is 13.1. The molecule has 1 fully saturated rings. The molecular weight excluding hydrogens is 331 g/mol. The van der Waals surface area contributed by atoms with Crippen LogP contribution in [0.3, 0.4) is 0 Å². The Bertz CT molecular complexity index is 584. The fourth-order valence-electron chi connectivity index (χ4n) is 2.35. The fourth-order valence-corrected chi connectivity index (χ4v) is 2.59. The number of benzene rings is 1. The molecule has 126 valence electrons. The minimum absolute atomic E-state index is 0.209. The summed E-state index contributed by atoms with van der Waals surface area (Å²) >= 11 is 6.03. The van der Waals surface area contributed by atoms with E-state index in [2.05, 4.69) is 11.9 Å². The van der Waals surface area contributed by atoms with Gasteiger partial charge in [-0.3, -0.25) is 0 Å². The number of carbonyl (C=O) groups excluding carboxylic acids is 1. The van der Waals surface area contributed by atoms with E-state index in [1.165, 1.54) is 6.07 Å². The minimum Gasteiger partial charge on any atom is -0.367 e. The predicted molar refractivity (Wildman–Crippen MR) is 83.8 cm³/mol. The molecule has 0 unspecified atom stereocenters. The fraction of sp³-hybridized carbons (Fsp3) is 0.400. The lowest BCUT2D eigenvalue weighted by molar-refractivity contribution is -0.137. The van der Waals surface area contributed by atoms with Gasteiger partial charge in [-0.1, -0.05) is 17.7 Å². The number of halogens is 4. The van der Waals surface area contributed by atoms with E-state index in [-0.39, 0.29) is 11.1 Å². The summed E-state index contributed by atoms with van der Waals surface area (Å²) < 4.78 is 38.5. The Labute approximate surface area is 137 Å². The van der Waals surface area contributed by atoms with Gasteiger partial charge >= 0.3 is 12.2 Å². The molecule has 1 aliphatic rings. The molecule has 1 N–H and O–H groups in total. The Morgan fingerprint density at radius 2 is 1.96 bits per heavy atom. The first-order valence-corrected chi connectivity index (χ1v) is 7.46. The molecule has 0 saturated carbocycles. The third kappa shape index (κ3) is 4.31. The normalized spacial score (nSPS) is 15.5. The van der Waals surface area contributed by atoms with E-state index >= 15 is 0 Å². The first-order valence-electron chi connectivity index (χ1n) is 7.08. The number of hydrogen-bond acceptors (Lipinski definition) is 2. The van der Waals surface area contributed by atoms with Gasteiger partial charge in [-0.2, -0.15) is 13.2 Å². The standard InChI is InChI=1S/C15H17ClF3N3O/c1-2-5-20-14(23)22-8-6-21(7-9-22)13-10-11(15(17,18)19)3-4-12(13)16/h2-4,10H,1,5-9H2,(H,20,23). The highest BCUT2D eigenvalue weighted by atomic mass is 35.5. The first-order chi connectivity index (χ1) is 10.8. The number of nitrogens with one attached hydrogen (secondary N) is 1. The second kappa shape index (κ2) is 7.12. The summed E-state index contributed by atoms with van der Waals surface area (Å²) in [5.74, 6) is 0. The van der Waals surface area contributed by atoms with Gasteiger partial charge in [0.1, 0.15) is 0 Å². The largest absolute Gasteiger partial charge is 0.416 e. The molecule has 23 heavy (non-hydrogen) atoms. The molecule has 2 rings (SSSR count). The third-order valence-corrected chi connectivity index (χ3v) is 3.90. The lowest BCUT2D eigenvalue weighted by atomic mass is 10.1. The number of nitrogens with zero attached hydrogens (tertiary/aromatic N) is 2. The van der Waals surface area contributed by atoms with Gasteiger partial charge in [-0.25, -0.2) is 4.79 Å². The number of urea groups is 1. The van der Waals surface area contributed by atoms with Gasteiger partial charge in [0, 0.05) is 32.7 Å². The molecule has 0 aliphatic carbocycles. The predicted octanol–water partition coefficient (Wildman–Crippen LogP) is 3.38. The molecule has 1 saturated heterocycles. The topological polar surface area (TPSA) is 35.6 Å². The maximum atomic E-state index is 12.8. The molecule has 0 bridgehead atoms. The van der Waals surface area contributed by atoms with Crippen LogP contribution < -0.4 is 10.2 Å². The Morgan fingerprint density at radius 3 is 2.52 bits per heavy atom. The van der Waals surface area contributed by atoms with Crippen molar-refractivity contribution < 1.29 is 18.0 Å². The molecule has 2 amide bonds. The van der Waals surface area contributed by atoms with Crippen molar-refractivity contribution in [3.05, 3.63) is 41.4 Å². The average Bonchev–Trinajstić information content (AvgIpc) is 2.52. The lowest BCUT2D eigenvalue weighted by Crippen LogP contribution is -2.52. The summed E-state index contributed by atoms with van der Waals surface area (Å²) in [6.07, 6.45) is -2.83. The van der Waals surface area contributed by atoms with E-state index in [4.69, 9.17) is 11.6 Å². The van der Waals surface area contributed by atoms with Gasteiger partial charge in [0.05, 0.1) is 16.3 Å². The molecule has 0 aromatic heterocycles. The molecule has 1 aliphatic heterocycles. The van der Waals surface area contributed by atoms with Crippen LogP contribution in [0, 0.1) is 0 Å². The van der Waals surface area contributed by atoms with Crippen LogP contribution in [-0.4, -0.2) is 43.7 Å². The van der Waals surface area contributed by atoms with Gasteiger partial charge in [-0.05, 0) is 18.2 Å². The number of alkyl halides is 3. The summed E-state index contributed by atoms with van der Waals surface area (Å²) in [5.41, 5.74) is -0.393. The molecule has 0 radical (unpaired) electrons. The Morgan fingerprint density at radius 1 is 1.30 bits per heavy atom. The molecule has 0 spiro atoms. The number of carbonyl (C=O) groups is 1. The van der Waals surface area contributed by atoms with Gasteiger partial charge < -0.3 is 15.1 Å². The van der Waals surface area contributed by atoms with Crippen LogP contribution in [0.5, 0.6) is 0 Å². The molecule has 1 aromatic rings. The molecule has 1 aromatic carbocycles. The smallest absolute Gasteiger partial charge is 0.367 e. The van der Waals surface area contributed by atoms with Crippen molar-refractivity contribution in [1.29, 1.82) is 0 Å². The van der Waals surface area contributed by atoms with E-state index in [0.29, 0.717) is 38.4 Å². The van der Waals surface area contributed by atoms with Crippen molar-refractivity contribution >= 4 is 23.3 Å². The van der Waals surface area contributed by atoms with Crippen LogP contribution in [0.25, 0.3) is 0 Å². The van der Waals surface area contributed by atoms with Crippen molar-refractivity contribution in [3.63, 3.8) is 0 Å². The van der Waals surface area contributed by atoms with E-state index in [1.807, 2.05) is 0 Å². The zero-order chi connectivity index (χ0) is 17.0. The number of piperazine rings is 1. The van der Waals surface area contributed by atoms with E-state index in [9.17, 15) is 18.0 Å². The molecule has 0 atom stereocenters. The molecular formula is C15H17ClF3N3O. The third-order valence-electron chi connectivity index (χ3n) is 3.58. The molecule has 1 heterocycles. The van der Waals surface area contributed by atoms with Crippen molar-refractivity contribution in [3.8, 4) is 0 Å². The van der Waals surface area contributed by atoms with Crippen molar-refractivity contribution in [1.82, 2.24) is 10.2 Å². The second-order valence-electron chi connectivity index (χ2n) is 5.11. The van der Waals surface area contributed by atoms with Gasteiger partial charge in [-0.15, -0.1) is 6.58 Å². The number of rotatable bonds is 3. The number of amides is 2. The van der Waals surface area contributed by atoms with Crippen LogP contribution in [0.2, 0.25) is 5.02 Å². The SMILES string of the molecule is C=CCNC(=O)N1CCN(c2cc(C(F)(F)F)ccc2Cl)CC1.